The Morgan fingerprint density at radius 2 is 2.03 bits per heavy atom. The van der Waals surface area contributed by atoms with Crippen LogP contribution in [0.3, 0.4) is 0 Å². The van der Waals surface area contributed by atoms with Gasteiger partial charge in [0.05, 0.1) is 24.4 Å². The SMILES string of the molecule is Cc1c(C(=O)O)ccc2c1CC[C@@H]2NC(=O)c1cc(C(=O)N[C@H](C)CO)nc2ccnn12. The average Bonchev–Trinajstić information content (AvgIpc) is 3.40. The predicted molar refractivity (Wildman–Crippen MR) is 114 cm³/mol. The lowest BCUT2D eigenvalue weighted by Gasteiger charge is -2.16. The van der Waals surface area contributed by atoms with Crippen molar-refractivity contribution in [2.75, 3.05) is 6.61 Å². The summed E-state index contributed by atoms with van der Waals surface area (Å²) in [5, 5.41) is 28.3. The predicted octanol–water partition coefficient (Wildman–Crippen LogP) is 1.26. The van der Waals surface area contributed by atoms with E-state index in [0.717, 1.165) is 11.1 Å². The number of hydrogen-bond acceptors (Lipinski definition) is 6. The van der Waals surface area contributed by atoms with Crippen LogP contribution in [0.2, 0.25) is 0 Å². The van der Waals surface area contributed by atoms with Crippen molar-refractivity contribution in [1.29, 1.82) is 0 Å². The summed E-state index contributed by atoms with van der Waals surface area (Å²) in [7, 11) is 0. The van der Waals surface area contributed by atoms with Crippen molar-refractivity contribution in [3.8, 4) is 0 Å². The number of benzene rings is 1. The highest BCUT2D eigenvalue weighted by Crippen LogP contribution is 2.34. The monoisotopic (exact) mass is 437 g/mol. The minimum absolute atomic E-state index is 0.0391. The first kappa shape index (κ1) is 21.4. The van der Waals surface area contributed by atoms with Crippen molar-refractivity contribution in [3.05, 3.63) is 64.1 Å². The topological polar surface area (TPSA) is 146 Å². The van der Waals surface area contributed by atoms with E-state index in [9.17, 15) is 24.6 Å². The molecule has 4 N–H and O–H groups in total. The summed E-state index contributed by atoms with van der Waals surface area (Å²) >= 11 is 0. The Balaban J connectivity index is 1.63. The molecule has 1 aliphatic rings. The lowest BCUT2D eigenvalue weighted by molar-refractivity contribution is 0.0695. The number of aromatic carboxylic acids is 1. The number of carbonyl (C=O) groups excluding carboxylic acids is 2. The smallest absolute Gasteiger partial charge is 0.335 e. The van der Waals surface area contributed by atoms with E-state index in [1.165, 1.54) is 16.8 Å². The van der Waals surface area contributed by atoms with Gasteiger partial charge >= 0.3 is 5.97 Å². The molecule has 1 aromatic carbocycles. The van der Waals surface area contributed by atoms with Gasteiger partial charge in [-0.3, -0.25) is 9.59 Å². The second-order valence-electron chi connectivity index (χ2n) is 7.86. The number of nitrogens with one attached hydrogen (secondary N) is 2. The lowest BCUT2D eigenvalue weighted by atomic mass is 9.98. The Hall–Kier alpha value is -3.79. The zero-order valence-corrected chi connectivity index (χ0v) is 17.6. The molecule has 0 bridgehead atoms. The molecule has 10 heteroatoms. The zero-order valence-electron chi connectivity index (χ0n) is 17.6. The van der Waals surface area contributed by atoms with Gasteiger partial charge in [-0.05, 0) is 49.4 Å². The Morgan fingerprint density at radius 3 is 2.75 bits per heavy atom. The van der Waals surface area contributed by atoms with Crippen LogP contribution >= 0.6 is 0 Å². The van der Waals surface area contributed by atoms with Crippen LogP contribution in [0.5, 0.6) is 0 Å². The third kappa shape index (κ3) is 3.80. The molecule has 0 radical (unpaired) electrons. The molecule has 0 saturated heterocycles. The van der Waals surface area contributed by atoms with E-state index >= 15 is 0 Å². The van der Waals surface area contributed by atoms with Crippen LogP contribution in [0.15, 0.2) is 30.5 Å². The number of carbonyl (C=O) groups is 3. The van der Waals surface area contributed by atoms with Crippen LogP contribution in [0, 0.1) is 6.92 Å². The molecule has 32 heavy (non-hydrogen) atoms. The highest BCUT2D eigenvalue weighted by atomic mass is 16.4. The second-order valence-corrected chi connectivity index (χ2v) is 7.86. The fourth-order valence-corrected chi connectivity index (χ4v) is 4.03. The lowest BCUT2D eigenvalue weighted by Crippen LogP contribution is -2.36. The van der Waals surface area contributed by atoms with Gasteiger partial charge in [0, 0.05) is 18.2 Å². The number of carboxylic acid groups (broad SMARTS) is 1. The summed E-state index contributed by atoms with van der Waals surface area (Å²) in [5.41, 5.74) is 3.33. The molecule has 4 rings (SSSR count). The first-order valence-corrected chi connectivity index (χ1v) is 10.2. The average molecular weight is 437 g/mol. The van der Waals surface area contributed by atoms with Gasteiger partial charge in [0.25, 0.3) is 11.8 Å². The maximum Gasteiger partial charge on any atom is 0.335 e. The van der Waals surface area contributed by atoms with Gasteiger partial charge in [-0.1, -0.05) is 6.07 Å². The number of aliphatic hydroxyl groups is 1. The van der Waals surface area contributed by atoms with Gasteiger partial charge in [-0.2, -0.15) is 5.10 Å². The number of amides is 2. The van der Waals surface area contributed by atoms with Gasteiger partial charge < -0.3 is 20.8 Å². The van der Waals surface area contributed by atoms with Crippen molar-refractivity contribution in [2.24, 2.45) is 0 Å². The number of hydrogen-bond donors (Lipinski definition) is 4. The fraction of sp³-hybridized carbons (Fsp3) is 0.318. The molecule has 3 aromatic rings. The molecular weight excluding hydrogens is 414 g/mol. The van der Waals surface area contributed by atoms with Crippen molar-refractivity contribution in [2.45, 2.75) is 38.8 Å². The van der Waals surface area contributed by atoms with E-state index in [1.54, 1.807) is 32.0 Å². The molecule has 0 aliphatic heterocycles. The van der Waals surface area contributed by atoms with Crippen molar-refractivity contribution in [3.63, 3.8) is 0 Å². The Morgan fingerprint density at radius 1 is 1.25 bits per heavy atom. The van der Waals surface area contributed by atoms with Crippen molar-refractivity contribution >= 4 is 23.4 Å². The van der Waals surface area contributed by atoms with Gasteiger partial charge in [0.1, 0.15) is 11.4 Å². The number of rotatable bonds is 6. The highest BCUT2D eigenvalue weighted by molar-refractivity contribution is 5.98. The molecule has 2 heterocycles. The molecule has 0 fully saturated rings. The number of aliphatic hydroxyl groups excluding tert-OH is 1. The van der Waals surface area contributed by atoms with Crippen molar-refractivity contribution in [1.82, 2.24) is 25.2 Å². The van der Waals surface area contributed by atoms with Gasteiger partial charge in [-0.15, -0.1) is 0 Å². The minimum atomic E-state index is -0.975. The third-order valence-electron chi connectivity index (χ3n) is 5.70. The highest BCUT2D eigenvalue weighted by Gasteiger charge is 2.28. The second kappa shape index (κ2) is 8.39. The van der Waals surface area contributed by atoms with E-state index in [2.05, 4.69) is 20.7 Å². The molecule has 0 spiro atoms. The van der Waals surface area contributed by atoms with Gasteiger partial charge in [-0.25, -0.2) is 14.3 Å². The summed E-state index contributed by atoms with van der Waals surface area (Å²) in [4.78, 5) is 41.3. The largest absolute Gasteiger partial charge is 0.478 e. The van der Waals surface area contributed by atoms with Crippen LogP contribution in [-0.2, 0) is 6.42 Å². The number of aromatic nitrogens is 3. The number of fused-ring (bicyclic) bond motifs is 2. The molecule has 2 amide bonds. The quantitative estimate of drug-likeness (QED) is 0.454. The number of nitrogens with zero attached hydrogens (tertiary/aromatic N) is 3. The molecule has 1 aliphatic carbocycles. The molecule has 0 unspecified atom stereocenters. The fourth-order valence-electron chi connectivity index (χ4n) is 4.03. The normalized spacial score (nSPS) is 15.9. The summed E-state index contributed by atoms with van der Waals surface area (Å²) in [6.45, 7) is 3.21. The van der Waals surface area contributed by atoms with E-state index in [4.69, 9.17) is 0 Å². The molecule has 2 atom stereocenters. The molecule has 166 valence electrons. The summed E-state index contributed by atoms with van der Waals surface area (Å²) in [6, 6.07) is 5.51. The minimum Gasteiger partial charge on any atom is -0.478 e. The van der Waals surface area contributed by atoms with Gasteiger partial charge in [0.2, 0.25) is 0 Å². The zero-order chi connectivity index (χ0) is 23.0. The van der Waals surface area contributed by atoms with E-state index in [1.807, 2.05) is 0 Å². The molecule has 2 aromatic heterocycles. The Kier molecular flexibility index (Phi) is 5.62. The first-order chi connectivity index (χ1) is 15.3. The molecule has 10 nitrogen and oxygen atoms in total. The van der Waals surface area contributed by atoms with Crippen LogP contribution < -0.4 is 10.6 Å². The summed E-state index contributed by atoms with van der Waals surface area (Å²) in [5.74, 6) is -1.91. The maximum absolute atomic E-state index is 13.2. The Labute approximate surface area is 183 Å². The van der Waals surface area contributed by atoms with E-state index < -0.39 is 23.8 Å². The summed E-state index contributed by atoms with van der Waals surface area (Å²) < 4.78 is 1.36. The molecular formula is C22H23N5O5. The maximum atomic E-state index is 13.2. The van der Waals surface area contributed by atoms with Gasteiger partial charge in [0.15, 0.2) is 5.65 Å². The number of carboxylic acids is 1. The molecule has 0 saturated carbocycles. The van der Waals surface area contributed by atoms with Crippen LogP contribution in [0.4, 0.5) is 0 Å². The standard InChI is InChI=1S/C22H23N5O5/c1-11(10-28)24-20(29)17-9-18(27-19(25-17)7-8-23-27)21(30)26-16-6-5-13-12(2)14(22(31)32)3-4-15(13)16/h3-4,7-9,11,16,28H,5-6,10H2,1-2H3,(H,24,29)(H,26,30)(H,31,32)/t11-,16+/m1/s1. The van der Waals surface area contributed by atoms with E-state index in [-0.39, 0.29) is 29.6 Å². The van der Waals surface area contributed by atoms with E-state index in [0.29, 0.717) is 24.1 Å². The van der Waals surface area contributed by atoms with Crippen LogP contribution in [-0.4, -0.2) is 55.2 Å². The third-order valence-corrected chi connectivity index (χ3v) is 5.70. The van der Waals surface area contributed by atoms with Crippen LogP contribution in [0.1, 0.15) is 67.4 Å². The van der Waals surface area contributed by atoms with Crippen LogP contribution in [0.25, 0.3) is 5.65 Å². The van der Waals surface area contributed by atoms with Crippen molar-refractivity contribution < 1.29 is 24.6 Å². The Bertz CT molecular complexity index is 1230. The summed E-state index contributed by atoms with van der Waals surface area (Å²) in [6.07, 6.45) is 2.78. The first-order valence-electron chi connectivity index (χ1n) is 10.2.